The second kappa shape index (κ2) is 9.45. The normalized spacial score (nSPS) is 10.6. The van der Waals surface area contributed by atoms with E-state index in [2.05, 4.69) is 10.2 Å². The van der Waals surface area contributed by atoms with E-state index < -0.39 is 10.9 Å². The van der Waals surface area contributed by atoms with Crippen LogP contribution in [0.5, 0.6) is 0 Å². The minimum Gasteiger partial charge on any atom is -0.452 e. The number of aromatic nitrogens is 2. The lowest BCUT2D eigenvalue weighted by atomic mass is 9.96. The van der Waals surface area contributed by atoms with Crippen molar-refractivity contribution in [2.75, 3.05) is 0 Å². The minimum atomic E-state index is -0.706. The number of carbonyl (C=O) groups is 2. The Hall–Kier alpha value is -4.66. The average Bonchev–Trinajstić information content (AvgIpc) is 3.33. The zero-order valence-corrected chi connectivity index (χ0v) is 18.3. The summed E-state index contributed by atoms with van der Waals surface area (Å²) in [6, 6.07) is 17.4. The van der Waals surface area contributed by atoms with E-state index in [0.717, 1.165) is 11.1 Å². The lowest BCUT2D eigenvalue weighted by Crippen LogP contribution is -2.13. The predicted molar refractivity (Wildman–Crippen MR) is 121 cm³/mol. The van der Waals surface area contributed by atoms with Crippen molar-refractivity contribution in [1.29, 1.82) is 0 Å². The number of ether oxygens (including phenoxy) is 1. The number of nitrogens with zero attached hydrogens (tertiary/aromatic N) is 3. The Balaban J connectivity index is 1.47. The molecule has 0 saturated heterocycles. The van der Waals surface area contributed by atoms with Crippen LogP contribution < -0.4 is 0 Å². The van der Waals surface area contributed by atoms with Gasteiger partial charge in [0.25, 0.3) is 11.6 Å². The molecule has 0 saturated carbocycles. The molecule has 1 aromatic heterocycles. The van der Waals surface area contributed by atoms with E-state index in [1.54, 1.807) is 30.3 Å². The first-order chi connectivity index (χ1) is 16.3. The Labute approximate surface area is 194 Å². The first kappa shape index (κ1) is 22.5. The summed E-state index contributed by atoms with van der Waals surface area (Å²) in [5, 5.41) is 18.5. The van der Waals surface area contributed by atoms with E-state index >= 15 is 0 Å². The molecule has 0 spiro atoms. The second-order valence-corrected chi connectivity index (χ2v) is 7.55. The highest BCUT2D eigenvalue weighted by Crippen LogP contribution is 2.22. The fourth-order valence-corrected chi connectivity index (χ4v) is 3.26. The number of benzene rings is 3. The van der Waals surface area contributed by atoms with Crippen LogP contribution in [0.3, 0.4) is 0 Å². The monoisotopic (exact) mass is 457 g/mol. The van der Waals surface area contributed by atoms with Crippen molar-refractivity contribution < 1.29 is 23.7 Å². The van der Waals surface area contributed by atoms with Gasteiger partial charge in [-0.3, -0.25) is 14.9 Å². The summed E-state index contributed by atoms with van der Waals surface area (Å²) in [5.74, 6) is -0.817. The molecule has 4 rings (SSSR count). The quantitative estimate of drug-likeness (QED) is 0.167. The van der Waals surface area contributed by atoms with Crippen molar-refractivity contribution >= 4 is 17.4 Å². The summed E-state index contributed by atoms with van der Waals surface area (Å²) < 4.78 is 10.8. The van der Waals surface area contributed by atoms with Crippen LogP contribution in [0.4, 0.5) is 5.69 Å². The lowest BCUT2D eigenvalue weighted by molar-refractivity contribution is -0.384. The van der Waals surface area contributed by atoms with Gasteiger partial charge in [-0.15, -0.1) is 10.2 Å². The van der Waals surface area contributed by atoms with Gasteiger partial charge in [0.1, 0.15) is 0 Å². The number of rotatable bonds is 7. The molecule has 0 aliphatic carbocycles. The average molecular weight is 457 g/mol. The topological polar surface area (TPSA) is 125 Å². The molecule has 0 aliphatic rings. The maximum absolute atomic E-state index is 13.0. The zero-order chi connectivity index (χ0) is 24.2. The van der Waals surface area contributed by atoms with Crippen LogP contribution in [-0.4, -0.2) is 26.9 Å². The third-order valence-corrected chi connectivity index (χ3v) is 5.28. The molecular formula is C25H19N3O6. The van der Waals surface area contributed by atoms with Crippen LogP contribution in [0.25, 0.3) is 11.5 Å². The van der Waals surface area contributed by atoms with Crippen molar-refractivity contribution in [3.8, 4) is 11.5 Å². The highest BCUT2D eigenvalue weighted by molar-refractivity contribution is 6.14. The molecule has 3 aromatic carbocycles. The number of ketones is 1. The van der Waals surface area contributed by atoms with Gasteiger partial charge in [-0.1, -0.05) is 30.3 Å². The summed E-state index contributed by atoms with van der Waals surface area (Å²) in [6.07, 6.45) is 0. The van der Waals surface area contributed by atoms with Crippen molar-refractivity contribution in [3.63, 3.8) is 0 Å². The summed E-state index contributed by atoms with van der Waals surface area (Å²) >= 11 is 0. The number of hydrogen-bond donors (Lipinski definition) is 0. The molecule has 1 heterocycles. The molecule has 0 radical (unpaired) electrons. The van der Waals surface area contributed by atoms with E-state index in [4.69, 9.17) is 9.15 Å². The first-order valence-corrected chi connectivity index (χ1v) is 10.3. The maximum Gasteiger partial charge on any atom is 0.339 e. The van der Waals surface area contributed by atoms with Gasteiger partial charge in [0.05, 0.1) is 10.5 Å². The number of nitro groups is 1. The molecule has 0 unspecified atom stereocenters. The SMILES string of the molecule is Cc1ccc(C(=O)c2ccccc2C(=O)OCc2nnc(-c3ccc([N+](=O)[O-])cc3)o2)cc1C. The number of non-ortho nitro benzene ring substituents is 1. The Kier molecular flexibility index (Phi) is 6.26. The van der Waals surface area contributed by atoms with Gasteiger partial charge in [-0.25, -0.2) is 4.79 Å². The van der Waals surface area contributed by atoms with Crippen LogP contribution in [0.2, 0.25) is 0 Å². The molecule has 4 aromatic rings. The van der Waals surface area contributed by atoms with Crippen LogP contribution in [0, 0.1) is 24.0 Å². The van der Waals surface area contributed by atoms with Gasteiger partial charge < -0.3 is 9.15 Å². The fraction of sp³-hybridized carbons (Fsp3) is 0.120. The van der Waals surface area contributed by atoms with E-state index in [1.807, 2.05) is 19.9 Å². The molecule has 0 bridgehead atoms. The van der Waals surface area contributed by atoms with Crippen LogP contribution in [0.1, 0.15) is 43.3 Å². The van der Waals surface area contributed by atoms with E-state index in [9.17, 15) is 19.7 Å². The van der Waals surface area contributed by atoms with Gasteiger partial charge >= 0.3 is 5.97 Å². The molecule has 0 N–H and O–H groups in total. The smallest absolute Gasteiger partial charge is 0.339 e. The largest absolute Gasteiger partial charge is 0.452 e. The summed E-state index contributed by atoms with van der Waals surface area (Å²) in [4.78, 5) is 36.1. The van der Waals surface area contributed by atoms with Crippen LogP contribution in [-0.2, 0) is 11.3 Å². The van der Waals surface area contributed by atoms with E-state index in [-0.39, 0.29) is 41.0 Å². The van der Waals surface area contributed by atoms with E-state index in [1.165, 1.54) is 30.3 Å². The van der Waals surface area contributed by atoms with Gasteiger partial charge in [0.15, 0.2) is 12.4 Å². The highest BCUT2D eigenvalue weighted by atomic mass is 16.6. The number of esters is 1. The highest BCUT2D eigenvalue weighted by Gasteiger charge is 2.20. The van der Waals surface area contributed by atoms with Crippen molar-refractivity contribution in [2.24, 2.45) is 0 Å². The summed E-state index contributed by atoms with van der Waals surface area (Å²) in [7, 11) is 0. The second-order valence-electron chi connectivity index (χ2n) is 7.55. The Morgan fingerprint density at radius 2 is 1.65 bits per heavy atom. The molecule has 0 fully saturated rings. The molecule has 9 heteroatoms. The van der Waals surface area contributed by atoms with Gasteiger partial charge in [-0.05, 0) is 49.2 Å². The van der Waals surface area contributed by atoms with Gasteiger partial charge in [-0.2, -0.15) is 0 Å². The Bertz CT molecular complexity index is 1390. The molecule has 0 amide bonds. The number of carbonyl (C=O) groups excluding carboxylic acids is 2. The van der Waals surface area contributed by atoms with Crippen molar-refractivity contribution in [3.05, 3.63) is 111 Å². The molecule has 170 valence electrons. The number of aryl methyl sites for hydroxylation is 2. The molecule has 34 heavy (non-hydrogen) atoms. The molecule has 0 aliphatic heterocycles. The Morgan fingerprint density at radius 3 is 2.32 bits per heavy atom. The van der Waals surface area contributed by atoms with Crippen LogP contribution in [0.15, 0.2) is 71.1 Å². The fourth-order valence-electron chi connectivity index (χ4n) is 3.26. The zero-order valence-electron chi connectivity index (χ0n) is 18.3. The predicted octanol–water partition coefficient (Wildman–Crippen LogP) is 4.85. The summed E-state index contributed by atoms with van der Waals surface area (Å²) in [5.41, 5.74) is 3.30. The standard InChI is InChI=1S/C25H19N3O6/c1-15-7-8-18(13-16(15)2)23(29)20-5-3-4-6-21(20)25(30)33-14-22-26-27-24(34-22)17-9-11-19(12-10-17)28(31)32/h3-13H,14H2,1-2H3. The third kappa shape index (κ3) is 4.73. The van der Waals surface area contributed by atoms with Crippen LogP contribution >= 0.6 is 0 Å². The van der Waals surface area contributed by atoms with Gasteiger partial charge in [0, 0.05) is 28.8 Å². The Morgan fingerprint density at radius 1 is 0.941 bits per heavy atom. The molecular weight excluding hydrogens is 438 g/mol. The van der Waals surface area contributed by atoms with Crippen molar-refractivity contribution in [2.45, 2.75) is 20.5 Å². The van der Waals surface area contributed by atoms with E-state index in [0.29, 0.717) is 11.1 Å². The maximum atomic E-state index is 13.0. The first-order valence-electron chi connectivity index (χ1n) is 10.3. The lowest BCUT2D eigenvalue weighted by Gasteiger charge is -2.09. The minimum absolute atomic E-state index is 0.0414. The number of hydrogen-bond acceptors (Lipinski definition) is 8. The van der Waals surface area contributed by atoms with Gasteiger partial charge in [0.2, 0.25) is 5.89 Å². The molecule has 0 atom stereocenters. The van der Waals surface area contributed by atoms with Crippen molar-refractivity contribution in [1.82, 2.24) is 10.2 Å². The molecule has 9 nitrogen and oxygen atoms in total. The third-order valence-electron chi connectivity index (χ3n) is 5.28. The summed E-state index contributed by atoms with van der Waals surface area (Å²) in [6.45, 7) is 3.58. The number of nitro benzene ring substituents is 1.